The van der Waals surface area contributed by atoms with Crippen molar-refractivity contribution in [1.82, 2.24) is 0 Å². The Labute approximate surface area is 48.2 Å². The second-order valence-corrected chi connectivity index (χ2v) is 2.04. The van der Waals surface area contributed by atoms with E-state index < -0.39 is 0 Å². The first-order valence-corrected chi connectivity index (χ1v) is 2.57. The lowest BCUT2D eigenvalue weighted by Crippen LogP contribution is -2.54. The first kappa shape index (κ1) is 6.01. The minimum Gasteiger partial charge on any atom is -0.393 e. The van der Waals surface area contributed by atoms with Gasteiger partial charge in [-0.25, -0.2) is 0 Å². The highest BCUT2D eigenvalue weighted by Gasteiger charge is 2.37. The van der Waals surface area contributed by atoms with Crippen molar-refractivity contribution in [3.63, 3.8) is 0 Å². The molecular weight excluding hydrogens is 108 g/mol. The highest BCUT2D eigenvalue weighted by atomic mass is 16.6. The van der Waals surface area contributed by atoms with Crippen LogP contribution in [-0.2, 0) is 9.47 Å². The molecular formula is C5H10O3. The molecule has 1 rings (SSSR count). The summed E-state index contributed by atoms with van der Waals surface area (Å²) in [6.07, 6.45) is 0. The van der Waals surface area contributed by atoms with Gasteiger partial charge in [0.05, 0.1) is 19.8 Å². The van der Waals surface area contributed by atoms with Crippen molar-refractivity contribution in [2.45, 2.75) is 5.60 Å². The maximum absolute atomic E-state index is 8.63. The molecule has 1 aliphatic rings. The van der Waals surface area contributed by atoms with E-state index in [2.05, 4.69) is 0 Å². The zero-order valence-electron chi connectivity index (χ0n) is 4.89. The number of aliphatic hydroxyl groups is 1. The van der Waals surface area contributed by atoms with Gasteiger partial charge in [0.15, 0.2) is 0 Å². The van der Waals surface area contributed by atoms with Crippen LogP contribution in [0.1, 0.15) is 0 Å². The molecule has 0 bridgehead atoms. The fourth-order valence-corrected chi connectivity index (χ4v) is 0.603. The normalized spacial score (nSPS) is 24.8. The van der Waals surface area contributed by atoms with Crippen LogP contribution in [0.25, 0.3) is 0 Å². The molecule has 0 atom stereocenters. The molecule has 0 spiro atoms. The molecule has 0 unspecified atom stereocenters. The van der Waals surface area contributed by atoms with Crippen LogP contribution in [0.4, 0.5) is 0 Å². The van der Waals surface area contributed by atoms with Crippen molar-refractivity contribution < 1.29 is 14.6 Å². The maximum atomic E-state index is 8.63. The molecule has 0 saturated carbocycles. The molecule has 3 nitrogen and oxygen atoms in total. The van der Waals surface area contributed by atoms with Crippen molar-refractivity contribution >= 4 is 0 Å². The third-order valence-corrected chi connectivity index (χ3v) is 1.45. The van der Waals surface area contributed by atoms with E-state index in [9.17, 15) is 0 Å². The van der Waals surface area contributed by atoms with Gasteiger partial charge in [-0.3, -0.25) is 0 Å². The topological polar surface area (TPSA) is 38.7 Å². The first-order chi connectivity index (χ1) is 3.83. The highest BCUT2D eigenvalue weighted by molar-refractivity contribution is 4.85. The Morgan fingerprint density at radius 2 is 2.38 bits per heavy atom. The molecule has 0 aromatic heterocycles. The quantitative estimate of drug-likeness (QED) is 0.526. The van der Waals surface area contributed by atoms with Gasteiger partial charge in [0.2, 0.25) is 0 Å². The summed E-state index contributed by atoms with van der Waals surface area (Å²) >= 11 is 0. The summed E-state index contributed by atoms with van der Waals surface area (Å²) in [7, 11) is 1.58. The van der Waals surface area contributed by atoms with Gasteiger partial charge < -0.3 is 14.6 Å². The average Bonchev–Trinajstić information content (AvgIpc) is 1.67. The highest BCUT2D eigenvalue weighted by Crippen LogP contribution is 2.19. The second-order valence-electron chi connectivity index (χ2n) is 2.04. The Morgan fingerprint density at radius 3 is 2.38 bits per heavy atom. The lowest BCUT2D eigenvalue weighted by Gasteiger charge is -2.38. The standard InChI is InChI=1S/C5H10O3/c1-7-5(2-6)3-8-4-5/h6H,2-4H2,1H3. The molecule has 0 amide bonds. The van der Waals surface area contributed by atoms with Crippen molar-refractivity contribution in [3.8, 4) is 0 Å². The largest absolute Gasteiger partial charge is 0.393 e. The third kappa shape index (κ3) is 0.727. The molecule has 1 N–H and O–H groups in total. The molecule has 8 heavy (non-hydrogen) atoms. The van der Waals surface area contributed by atoms with E-state index in [-0.39, 0.29) is 12.2 Å². The summed E-state index contributed by atoms with van der Waals surface area (Å²) in [6.45, 7) is 1.11. The molecule has 1 fully saturated rings. The van der Waals surface area contributed by atoms with Gasteiger partial charge in [0, 0.05) is 7.11 Å². The number of hydrogen-bond acceptors (Lipinski definition) is 3. The summed E-state index contributed by atoms with van der Waals surface area (Å²) in [4.78, 5) is 0. The minimum atomic E-state index is -0.361. The predicted octanol–water partition coefficient (Wildman–Crippen LogP) is -0.606. The van der Waals surface area contributed by atoms with Gasteiger partial charge in [-0.15, -0.1) is 0 Å². The minimum absolute atomic E-state index is 0.0590. The smallest absolute Gasteiger partial charge is 0.137 e. The zero-order chi connectivity index (χ0) is 6.04. The van der Waals surface area contributed by atoms with Crippen LogP contribution in [0.3, 0.4) is 0 Å². The Hall–Kier alpha value is -0.120. The van der Waals surface area contributed by atoms with E-state index in [0.717, 1.165) is 0 Å². The number of aliphatic hydroxyl groups excluding tert-OH is 1. The van der Waals surface area contributed by atoms with Gasteiger partial charge in [-0.05, 0) is 0 Å². The van der Waals surface area contributed by atoms with Crippen LogP contribution in [0.5, 0.6) is 0 Å². The molecule has 0 aromatic rings. The van der Waals surface area contributed by atoms with Crippen LogP contribution >= 0.6 is 0 Å². The fraction of sp³-hybridized carbons (Fsp3) is 1.00. The van der Waals surface area contributed by atoms with E-state index in [0.29, 0.717) is 13.2 Å². The van der Waals surface area contributed by atoms with Crippen LogP contribution in [0.2, 0.25) is 0 Å². The number of ether oxygens (including phenoxy) is 2. The molecule has 1 heterocycles. The summed E-state index contributed by atoms with van der Waals surface area (Å²) in [5.41, 5.74) is -0.361. The van der Waals surface area contributed by atoms with Gasteiger partial charge in [0.25, 0.3) is 0 Å². The van der Waals surface area contributed by atoms with E-state index in [1.807, 2.05) is 0 Å². The molecule has 0 aromatic carbocycles. The van der Waals surface area contributed by atoms with Crippen LogP contribution in [0, 0.1) is 0 Å². The van der Waals surface area contributed by atoms with E-state index >= 15 is 0 Å². The maximum Gasteiger partial charge on any atom is 0.137 e. The summed E-state index contributed by atoms with van der Waals surface area (Å²) < 4.78 is 9.78. The Bertz CT molecular complexity index is 64.2. The average molecular weight is 118 g/mol. The second kappa shape index (κ2) is 2.01. The monoisotopic (exact) mass is 118 g/mol. The first-order valence-electron chi connectivity index (χ1n) is 2.57. The summed E-state index contributed by atoms with van der Waals surface area (Å²) in [5.74, 6) is 0. The van der Waals surface area contributed by atoms with Crippen molar-refractivity contribution in [2.75, 3.05) is 26.9 Å². The van der Waals surface area contributed by atoms with E-state index in [1.165, 1.54) is 0 Å². The molecule has 0 aliphatic carbocycles. The van der Waals surface area contributed by atoms with Crippen LogP contribution in [0.15, 0.2) is 0 Å². The Morgan fingerprint density at radius 1 is 1.75 bits per heavy atom. The lowest BCUT2D eigenvalue weighted by atomic mass is 10.0. The van der Waals surface area contributed by atoms with Gasteiger partial charge >= 0.3 is 0 Å². The van der Waals surface area contributed by atoms with Crippen molar-refractivity contribution in [3.05, 3.63) is 0 Å². The third-order valence-electron chi connectivity index (χ3n) is 1.45. The van der Waals surface area contributed by atoms with Crippen molar-refractivity contribution in [2.24, 2.45) is 0 Å². The predicted molar refractivity (Wildman–Crippen MR) is 27.6 cm³/mol. The summed E-state index contributed by atoms with van der Waals surface area (Å²) in [6, 6.07) is 0. The van der Waals surface area contributed by atoms with E-state index in [4.69, 9.17) is 14.6 Å². The van der Waals surface area contributed by atoms with E-state index in [1.54, 1.807) is 7.11 Å². The van der Waals surface area contributed by atoms with Crippen LogP contribution in [-0.4, -0.2) is 37.6 Å². The van der Waals surface area contributed by atoms with Gasteiger partial charge in [0.1, 0.15) is 5.60 Å². The SMILES string of the molecule is COC1(CO)COC1. The Kier molecular flexibility index (Phi) is 1.51. The molecule has 3 heteroatoms. The Balaban J connectivity index is 2.33. The fourth-order valence-electron chi connectivity index (χ4n) is 0.603. The van der Waals surface area contributed by atoms with Crippen LogP contribution < -0.4 is 0 Å². The van der Waals surface area contributed by atoms with Gasteiger partial charge in [-0.2, -0.15) is 0 Å². The molecule has 1 aliphatic heterocycles. The number of hydrogen-bond donors (Lipinski definition) is 1. The molecule has 48 valence electrons. The molecule has 0 radical (unpaired) electrons. The number of rotatable bonds is 2. The van der Waals surface area contributed by atoms with Crippen molar-refractivity contribution in [1.29, 1.82) is 0 Å². The zero-order valence-corrected chi connectivity index (χ0v) is 4.89. The number of methoxy groups -OCH3 is 1. The van der Waals surface area contributed by atoms with Gasteiger partial charge in [-0.1, -0.05) is 0 Å². The summed E-state index contributed by atoms with van der Waals surface area (Å²) in [5, 5.41) is 8.63. The lowest BCUT2D eigenvalue weighted by molar-refractivity contribution is -0.212. The molecule has 1 saturated heterocycles.